The molecule has 0 atom stereocenters. The van der Waals surface area contributed by atoms with Gasteiger partial charge in [-0.25, -0.2) is 4.57 Å². The summed E-state index contributed by atoms with van der Waals surface area (Å²) in [6, 6.07) is 0. The van der Waals surface area contributed by atoms with Gasteiger partial charge in [0.25, 0.3) is 0 Å². The maximum atomic E-state index is 10.6. The molecule has 0 aromatic carbocycles. The van der Waals surface area contributed by atoms with Gasteiger partial charge in [-0.3, -0.25) is 4.52 Å². The van der Waals surface area contributed by atoms with Crippen LogP contribution in [0.15, 0.2) is 0 Å². The first kappa shape index (κ1) is 25.1. The van der Waals surface area contributed by atoms with Crippen LogP contribution in [0.4, 0.5) is 0 Å². The molecule has 0 amide bonds. The van der Waals surface area contributed by atoms with Crippen molar-refractivity contribution < 1.29 is 23.6 Å². The Hall–Kier alpha value is 0.0700. The second-order valence-corrected chi connectivity index (χ2v) is 9.88. The SMILES string of the molecule is CCC(C)(C)CCCCOCCCCC(C)(C)CCCOP(=O)(O)O. The fourth-order valence-electron chi connectivity index (χ4n) is 2.75. The summed E-state index contributed by atoms with van der Waals surface area (Å²) in [7, 11) is -4.32. The van der Waals surface area contributed by atoms with Crippen molar-refractivity contribution in [2.45, 2.75) is 92.4 Å². The van der Waals surface area contributed by atoms with Crippen LogP contribution in [0.25, 0.3) is 0 Å². The smallest absolute Gasteiger partial charge is 0.381 e. The van der Waals surface area contributed by atoms with E-state index in [1.807, 2.05) is 0 Å². The first-order valence-electron chi connectivity index (χ1n) is 9.75. The van der Waals surface area contributed by atoms with E-state index in [1.54, 1.807) is 0 Å². The van der Waals surface area contributed by atoms with Crippen molar-refractivity contribution in [3.8, 4) is 0 Å². The van der Waals surface area contributed by atoms with Crippen LogP contribution in [0.2, 0.25) is 0 Å². The molecule has 6 heteroatoms. The Morgan fingerprint density at radius 3 is 1.72 bits per heavy atom. The number of unbranched alkanes of at least 4 members (excludes halogenated alkanes) is 2. The molecule has 2 N–H and O–H groups in total. The van der Waals surface area contributed by atoms with Crippen molar-refractivity contribution >= 4 is 7.82 Å². The highest BCUT2D eigenvalue weighted by Gasteiger charge is 2.19. The van der Waals surface area contributed by atoms with Crippen molar-refractivity contribution in [3.05, 3.63) is 0 Å². The molecule has 0 aliphatic rings. The van der Waals surface area contributed by atoms with Gasteiger partial charge in [0.05, 0.1) is 6.61 Å². The molecule has 0 radical (unpaired) electrons. The van der Waals surface area contributed by atoms with Crippen molar-refractivity contribution in [3.63, 3.8) is 0 Å². The number of hydrogen-bond acceptors (Lipinski definition) is 3. The molecule has 0 spiro atoms. The zero-order chi connectivity index (χ0) is 19.4. The quantitative estimate of drug-likeness (QED) is 0.265. The molecule has 0 unspecified atom stereocenters. The van der Waals surface area contributed by atoms with Gasteiger partial charge in [-0.2, -0.15) is 0 Å². The summed E-state index contributed by atoms with van der Waals surface area (Å²) in [4.78, 5) is 17.3. The molecular formula is C19H41O5P. The van der Waals surface area contributed by atoms with E-state index in [1.165, 1.54) is 19.3 Å². The lowest BCUT2D eigenvalue weighted by Gasteiger charge is -2.24. The number of hydrogen-bond donors (Lipinski definition) is 2. The van der Waals surface area contributed by atoms with Crippen LogP contribution in [0.5, 0.6) is 0 Å². The average molecular weight is 381 g/mol. The van der Waals surface area contributed by atoms with Gasteiger partial charge in [0.15, 0.2) is 0 Å². The Labute approximate surface area is 155 Å². The highest BCUT2D eigenvalue weighted by atomic mass is 31.2. The zero-order valence-corrected chi connectivity index (χ0v) is 17.9. The van der Waals surface area contributed by atoms with Crippen molar-refractivity contribution in [2.24, 2.45) is 10.8 Å². The van der Waals surface area contributed by atoms with E-state index >= 15 is 0 Å². The van der Waals surface area contributed by atoms with Gasteiger partial charge in [0, 0.05) is 13.2 Å². The summed E-state index contributed by atoms with van der Waals surface area (Å²) in [5.41, 5.74) is 0.631. The van der Waals surface area contributed by atoms with E-state index in [0.29, 0.717) is 11.8 Å². The molecule has 0 aliphatic carbocycles. The van der Waals surface area contributed by atoms with Gasteiger partial charge in [0.2, 0.25) is 0 Å². The van der Waals surface area contributed by atoms with Gasteiger partial charge < -0.3 is 14.5 Å². The lowest BCUT2D eigenvalue weighted by Crippen LogP contribution is -2.13. The van der Waals surface area contributed by atoms with Crippen LogP contribution in [-0.2, 0) is 13.8 Å². The van der Waals surface area contributed by atoms with E-state index in [2.05, 4.69) is 39.1 Å². The third kappa shape index (κ3) is 17.3. The molecule has 0 saturated heterocycles. The maximum absolute atomic E-state index is 10.6. The molecule has 25 heavy (non-hydrogen) atoms. The summed E-state index contributed by atoms with van der Waals surface area (Å²) < 4.78 is 20.8. The third-order valence-corrected chi connectivity index (χ3v) is 5.52. The predicted molar refractivity (Wildman–Crippen MR) is 104 cm³/mol. The minimum Gasteiger partial charge on any atom is -0.381 e. The maximum Gasteiger partial charge on any atom is 0.469 e. The largest absolute Gasteiger partial charge is 0.469 e. The fraction of sp³-hybridized carbons (Fsp3) is 1.00. The minimum absolute atomic E-state index is 0.117. The molecule has 0 aromatic heterocycles. The van der Waals surface area contributed by atoms with Crippen LogP contribution in [0.1, 0.15) is 92.4 Å². The summed E-state index contributed by atoms with van der Waals surface area (Å²) in [5, 5.41) is 0. The van der Waals surface area contributed by atoms with Crippen LogP contribution in [0.3, 0.4) is 0 Å². The summed E-state index contributed by atoms with van der Waals surface area (Å²) >= 11 is 0. The molecule has 0 aliphatic heterocycles. The summed E-state index contributed by atoms with van der Waals surface area (Å²) in [5.74, 6) is 0. The monoisotopic (exact) mass is 380 g/mol. The molecule has 5 nitrogen and oxygen atoms in total. The molecule has 0 rings (SSSR count). The van der Waals surface area contributed by atoms with Crippen LogP contribution in [-0.4, -0.2) is 29.6 Å². The Balaban J connectivity index is 3.52. The van der Waals surface area contributed by atoms with Gasteiger partial charge in [-0.05, 0) is 49.4 Å². The van der Waals surface area contributed by atoms with Gasteiger partial charge in [0.1, 0.15) is 0 Å². The topological polar surface area (TPSA) is 76.0 Å². The van der Waals surface area contributed by atoms with Crippen LogP contribution in [0, 0.1) is 10.8 Å². The molecule has 0 heterocycles. The van der Waals surface area contributed by atoms with Gasteiger partial charge >= 0.3 is 7.82 Å². The molecule has 0 fully saturated rings. The standard InChI is InChI=1S/C19H41O5P/c1-6-18(2,3)12-7-9-15-23-16-10-8-13-19(4,5)14-11-17-24-25(20,21)22/h6-17H2,1-5H3,(H2,20,21,22). The first-order valence-corrected chi connectivity index (χ1v) is 11.3. The van der Waals surface area contributed by atoms with E-state index in [9.17, 15) is 4.57 Å². The predicted octanol–water partition coefficient (Wildman–Crippen LogP) is 5.70. The lowest BCUT2D eigenvalue weighted by molar-refractivity contribution is 0.119. The van der Waals surface area contributed by atoms with E-state index in [4.69, 9.17) is 14.5 Å². The Bertz CT molecular complexity index is 376. The number of phosphoric ester groups is 1. The van der Waals surface area contributed by atoms with E-state index in [0.717, 1.165) is 45.3 Å². The molecule has 0 aromatic rings. The third-order valence-electron chi connectivity index (χ3n) is 5.00. The van der Waals surface area contributed by atoms with Crippen LogP contribution >= 0.6 is 7.82 Å². The molecule has 0 bridgehead atoms. The zero-order valence-electron chi connectivity index (χ0n) is 17.1. The number of ether oxygens (including phenoxy) is 1. The average Bonchev–Trinajstić information content (AvgIpc) is 2.49. The first-order chi connectivity index (χ1) is 11.5. The Morgan fingerprint density at radius 1 is 0.760 bits per heavy atom. The molecular weight excluding hydrogens is 339 g/mol. The second kappa shape index (κ2) is 12.5. The Kier molecular flexibility index (Phi) is 12.5. The number of rotatable bonds is 16. The highest BCUT2D eigenvalue weighted by Crippen LogP contribution is 2.37. The minimum atomic E-state index is -4.32. The molecule has 152 valence electrons. The van der Waals surface area contributed by atoms with Crippen molar-refractivity contribution in [1.82, 2.24) is 0 Å². The van der Waals surface area contributed by atoms with Gasteiger partial charge in [-0.15, -0.1) is 0 Å². The van der Waals surface area contributed by atoms with E-state index < -0.39 is 7.82 Å². The van der Waals surface area contributed by atoms with Crippen LogP contribution < -0.4 is 0 Å². The van der Waals surface area contributed by atoms with Crippen molar-refractivity contribution in [1.29, 1.82) is 0 Å². The highest BCUT2D eigenvalue weighted by molar-refractivity contribution is 7.46. The summed E-state index contributed by atoms with van der Waals surface area (Å²) in [6.07, 6.45) is 9.75. The van der Waals surface area contributed by atoms with Gasteiger partial charge in [-0.1, -0.05) is 53.9 Å². The summed E-state index contributed by atoms with van der Waals surface area (Å²) in [6.45, 7) is 13.1. The van der Waals surface area contributed by atoms with Crippen molar-refractivity contribution in [2.75, 3.05) is 19.8 Å². The normalized spacial score (nSPS) is 13.4. The van der Waals surface area contributed by atoms with E-state index in [-0.39, 0.29) is 12.0 Å². The number of phosphoric acid groups is 1. The molecule has 0 saturated carbocycles. The second-order valence-electron chi connectivity index (χ2n) is 8.64. The Morgan fingerprint density at radius 2 is 1.24 bits per heavy atom. The lowest BCUT2D eigenvalue weighted by atomic mass is 9.83. The fourth-order valence-corrected chi connectivity index (χ4v) is 3.12.